The second kappa shape index (κ2) is 5.68. The maximum absolute atomic E-state index is 4.02. The fraction of sp³-hybridized carbons (Fsp3) is 0.778. The van der Waals surface area contributed by atoms with Crippen LogP contribution in [0.4, 0.5) is 0 Å². The van der Waals surface area contributed by atoms with Crippen LogP contribution in [0.3, 0.4) is 0 Å². The van der Waals surface area contributed by atoms with E-state index >= 15 is 0 Å². The minimum Gasteiger partial charge on any atom is -0.317 e. The van der Waals surface area contributed by atoms with Gasteiger partial charge in [0.25, 0.3) is 0 Å². The Bertz CT molecular complexity index is 245. The first kappa shape index (κ1) is 10.4. The fourth-order valence-corrected chi connectivity index (χ4v) is 3.37. The highest BCUT2D eigenvalue weighted by atomic mass is 32.2. The van der Waals surface area contributed by atoms with Crippen LogP contribution < -0.4 is 5.32 Å². The third-order valence-corrected chi connectivity index (χ3v) is 4.44. The Kier molecular flexibility index (Phi) is 4.21. The van der Waals surface area contributed by atoms with Crippen LogP contribution in [0.15, 0.2) is 9.85 Å². The molecule has 14 heavy (non-hydrogen) atoms. The molecule has 2 heterocycles. The van der Waals surface area contributed by atoms with Crippen molar-refractivity contribution in [2.75, 3.05) is 18.8 Å². The summed E-state index contributed by atoms with van der Waals surface area (Å²) in [6, 6.07) is 0. The summed E-state index contributed by atoms with van der Waals surface area (Å²) in [7, 11) is 0. The van der Waals surface area contributed by atoms with Gasteiger partial charge in [-0.15, -0.1) is 10.2 Å². The standard InChI is InChI=1S/C9H15N3S2/c1-4-10-5-2-8(1)3-6-13-9-12-11-7-14-9/h7-8,10H,1-6H2. The Labute approximate surface area is 92.7 Å². The molecule has 1 fully saturated rings. The van der Waals surface area contributed by atoms with Crippen molar-refractivity contribution in [2.45, 2.75) is 23.6 Å². The lowest BCUT2D eigenvalue weighted by Crippen LogP contribution is -2.27. The molecule has 0 amide bonds. The molecular formula is C9H15N3S2. The average Bonchev–Trinajstić information content (AvgIpc) is 2.72. The molecule has 1 N–H and O–H groups in total. The van der Waals surface area contributed by atoms with E-state index in [-0.39, 0.29) is 0 Å². The van der Waals surface area contributed by atoms with Crippen LogP contribution in [0, 0.1) is 5.92 Å². The van der Waals surface area contributed by atoms with Gasteiger partial charge < -0.3 is 5.32 Å². The van der Waals surface area contributed by atoms with Gasteiger partial charge >= 0.3 is 0 Å². The number of rotatable bonds is 4. The molecule has 0 spiro atoms. The monoisotopic (exact) mass is 229 g/mol. The SMILES string of the molecule is c1nnc(SCCC2CCNCC2)s1. The van der Waals surface area contributed by atoms with Crippen LogP contribution in [-0.4, -0.2) is 29.0 Å². The molecule has 1 aromatic rings. The van der Waals surface area contributed by atoms with Crippen molar-refractivity contribution in [2.24, 2.45) is 5.92 Å². The van der Waals surface area contributed by atoms with Crippen LogP contribution in [0.25, 0.3) is 0 Å². The molecule has 0 aromatic carbocycles. The van der Waals surface area contributed by atoms with E-state index in [4.69, 9.17) is 0 Å². The lowest BCUT2D eigenvalue weighted by Gasteiger charge is -2.21. The lowest BCUT2D eigenvalue weighted by atomic mass is 9.96. The molecule has 1 saturated heterocycles. The predicted octanol–water partition coefficient (Wildman–Crippen LogP) is 2.02. The van der Waals surface area contributed by atoms with E-state index < -0.39 is 0 Å². The van der Waals surface area contributed by atoms with Gasteiger partial charge in [0.2, 0.25) is 0 Å². The first-order valence-electron chi connectivity index (χ1n) is 5.05. The topological polar surface area (TPSA) is 37.8 Å². The van der Waals surface area contributed by atoms with Crippen molar-refractivity contribution in [3.05, 3.63) is 5.51 Å². The first-order valence-corrected chi connectivity index (χ1v) is 6.91. The molecule has 5 heteroatoms. The summed E-state index contributed by atoms with van der Waals surface area (Å²) in [5, 5.41) is 11.2. The Morgan fingerprint density at radius 1 is 1.50 bits per heavy atom. The summed E-state index contributed by atoms with van der Waals surface area (Å²) in [6.45, 7) is 2.41. The third-order valence-electron chi connectivity index (χ3n) is 2.55. The zero-order valence-electron chi connectivity index (χ0n) is 8.11. The van der Waals surface area contributed by atoms with Crippen LogP contribution in [0.5, 0.6) is 0 Å². The molecule has 0 bridgehead atoms. The highest BCUT2D eigenvalue weighted by molar-refractivity contribution is 8.00. The summed E-state index contributed by atoms with van der Waals surface area (Å²) in [4.78, 5) is 0. The van der Waals surface area contributed by atoms with Crippen LogP contribution in [-0.2, 0) is 0 Å². The summed E-state index contributed by atoms with van der Waals surface area (Å²) in [5.41, 5.74) is 1.80. The van der Waals surface area contributed by atoms with E-state index in [0.717, 1.165) is 10.3 Å². The van der Waals surface area contributed by atoms with Gasteiger partial charge in [-0.25, -0.2) is 0 Å². The Balaban J connectivity index is 1.62. The number of piperidine rings is 1. The minimum absolute atomic E-state index is 0.927. The predicted molar refractivity (Wildman–Crippen MR) is 60.8 cm³/mol. The van der Waals surface area contributed by atoms with Gasteiger partial charge in [0.1, 0.15) is 5.51 Å². The number of hydrogen-bond acceptors (Lipinski definition) is 5. The van der Waals surface area contributed by atoms with Crippen LogP contribution >= 0.6 is 23.1 Å². The summed E-state index contributed by atoms with van der Waals surface area (Å²) < 4.78 is 1.11. The van der Waals surface area contributed by atoms with Crippen molar-refractivity contribution in [1.29, 1.82) is 0 Å². The molecule has 1 aromatic heterocycles. The number of nitrogens with one attached hydrogen (secondary N) is 1. The third kappa shape index (κ3) is 3.22. The summed E-state index contributed by atoms with van der Waals surface area (Å²) in [5.74, 6) is 2.12. The largest absolute Gasteiger partial charge is 0.317 e. The van der Waals surface area contributed by atoms with Crippen molar-refractivity contribution in [1.82, 2.24) is 15.5 Å². The minimum atomic E-state index is 0.927. The normalized spacial score (nSPS) is 18.6. The van der Waals surface area contributed by atoms with E-state index in [1.54, 1.807) is 16.8 Å². The number of hydrogen-bond donors (Lipinski definition) is 1. The highest BCUT2D eigenvalue weighted by Crippen LogP contribution is 2.24. The Morgan fingerprint density at radius 2 is 2.36 bits per heavy atom. The zero-order chi connectivity index (χ0) is 9.64. The average molecular weight is 229 g/mol. The number of nitrogens with zero attached hydrogens (tertiary/aromatic N) is 2. The van der Waals surface area contributed by atoms with Gasteiger partial charge in [-0.3, -0.25) is 0 Å². The Hall–Kier alpha value is -0.130. The molecule has 0 atom stereocenters. The quantitative estimate of drug-likeness (QED) is 0.802. The summed E-state index contributed by atoms with van der Waals surface area (Å²) in [6.07, 6.45) is 4.01. The van der Waals surface area contributed by atoms with Crippen molar-refractivity contribution >= 4 is 23.1 Å². The highest BCUT2D eigenvalue weighted by Gasteiger charge is 2.12. The molecule has 1 aliphatic heterocycles. The molecule has 78 valence electrons. The van der Waals surface area contributed by atoms with Crippen molar-refractivity contribution in [3.63, 3.8) is 0 Å². The Morgan fingerprint density at radius 3 is 3.07 bits per heavy atom. The molecular weight excluding hydrogens is 214 g/mol. The van der Waals surface area contributed by atoms with Crippen molar-refractivity contribution < 1.29 is 0 Å². The smallest absolute Gasteiger partial charge is 0.174 e. The van der Waals surface area contributed by atoms with Crippen molar-refractivity contribution in [3.8, 4) is 0 Å². The lowest BCUT2D eigenvalue weighted by molar-refractivity contribution is 0.367. The molecule has 3 nitrogen and oxygen atoms in total. The first-order chi connectivity index (χ1) is 6.95. The van der Waals surface area contributed by atoms with E-state index in [0.29, 0.717) is 0 Å². The van der Waals surface area contributed by atoms with Gasteiger partial charge in [0, 0.05) is 5.75 Å². The van der Waals surface area contributed by atoms with Crippen LogP contribution in [0.2, 0.25) is 0 Å². The number of thioether (sulfide) groups is 1. The van der Waals surface area contributed by atoms with E-state index in [2.05, 4.69) is 15.5 Å². The molecule has 0 aliphatic carbocycles. The van der Waals surface area contributed by atoms with Gasteiger partial charge in [-0.05, 0) is 38.3 Å². The van der Waals surface area contributed by atoms with E-state index in [1.807, 2.05) is 11.8 Å². The molecule has 0 radical (unpaired) electrons. The molecule has 2 rings (SSSR count). The second-order valence-electron chi connectivity index (χ2n) is 3.54. The maximum atomic E-state index is 4.02. The second-order valence-corrected chi connectivity index (χ2v) is 5.71. The van der Waals surface area contributed by atoms with Gasteiger partial charge in [-0.1, -0.05) is 23.1 Å². The van der Waals surface area contributed by atoms with Crippen LogP contribution in [0.1, 0.15) is 19.3 Å². The van der Waals surface area contributed by atoms with E-state index in [9.17, 15) is 0 Å². The fourth-order valence-electron chi connectivity index (χ4n) is 1.71. The maximum Gasteiger partial charge on any atom is 0.174 e. The molecule has 0 saturated carbocycles. The van der Waals surface area contributed by atoms with Gasteiger partial charge in [-0.2, -0.15) is 0 Å². The summed E-state index contributed by atoms with van der Waals surface area (Å²) >= 11 is 3.48. The zero-order valence-corrected chi connectivity index (χ0v) is 9.74. The number of aromatic nitrogens is 2. The van der Waals surface area contributed by atoms with Gasteiger partial charge in [0.15, 0.2) is 4.34 Å². The van der Waals surface area contributed by atoms with Gasteiger partial charge in [0.05, 0.1) is 0 Å². The molecule has 0 unspecified atom stereocenters. The molecule has 1 aliphatic rings. The van der Waals surface area contributed by atoms with E-state index in [1.165, 1.54) is 38.1 Å².